The fourth-order valence-corrected chi connectivity index (χ4v) is 1.25. The second-order valence-corrected chi connectivity index (χ2v) is 3.89. The summed E-state index contributed by atoms with van der Waals surface area (Å²) in [6, 6.07) is 0. The first-order valence-electron chi connectivity index (χ1n) is 6.28. The number of rotatable bonds is 8. The molecule has 0 bridgehead atoms. The van der Waals surface area contributed by atoms with Crippen LogP contribution in [0.15, 0.2) is 11.3 Å². The van der Waals surface area contributed by atoms with E-state index < -0.39 is 17.7 Å². The van der Waals surface area contributed by atoms with Crippen LogP contribution in [0.1, 0.15) is 46.5 Å². The zero-order chi connectivity index (χ0) is 14.0. The van der Waals surface area contributed by atoms with Crippen LogP contribution in [0.4, 0.5) is 0 Å². The molecule has 0 unspecified atom stereocenters. The Hall–Kier alpha value is -1.52. The van der Waals surface area contributed by atoms with Gasteiger partial charge in [-0.3, -0.25) is 0 Å². The first-order chi connectivity index (χ1) is 8.54. The minimum atomic E-state index is -0.905. The molecule has 0 heterocycles. The van der Waals surface area contributed by atoms with E-state index in [0.717, 1.165) is 25.7 Å². The van der Waals surface area contributed by atoms with Crippen LogP contribution in [-0.2, 0) is 19.1 Å². The molecule has 18 heavy (non-hydrogen) atoms. The van der Waals surface area contributed by atoms with Crippen molar-refractivity contribution in [1.82, 2.24) is 0 Å². The van der Waals surface area contributed by atoms with Gasteiger partial charge in [0.1, 0.15) is 0 Å². The van der Waals surface area contributed by atoms with Crippen molar-refractivity contribution in [3.63, 3.8) is 0 Å². The molecule has 0 atom stereocenters. The zero-order valence-corrected chi connectivity index (χ0v) is 11.3. The first kappa shape index (κ1) is 16.5. The fraction of sp³-hybridized carbons (Fsp3) is 0.692. The van der Waals surface area contributed by atoms with Crippen molar-refractivity contribution in [2.45, 2.75) is 46.5 Å². The Bertz CT molecular complexity index is 307. The topological polar surface area (TPSA) is 72.8 Å². The first-order valence-corrected chi connectivity index (χ1v) is 6.28. The van der Waals surface area contributed by atoms with E-state index >= 15 is 0 Å². The van der Waals surface area contributed by atoms with Crippen molar-refractivity contribution < 1.29 is 24.2 Å². The second kappa shape index (κ2) is 9.50. The third kappa shape index (κ3) is 6.27. The van der Waals surface area contributed by atoms with Gasteiger partial charge in [0.2, 0.25) is 5.76 Å². The van der Waals surface area contributed by atoms with E-state index in [0.29, 0.717) is 6.61 Å². The molecule has 5 nitrogen and oxygen atoms in total. The minimum Gasteiger partial charge on any atom is -0.501 e. The molecule has 0 aliphatic heterocycles. The normalized spacial score (nSPS) is 11.7. The van der Waals surface area contributed by atoms with Crippen LogP contribution in [0.3, 0.4) is 0 Å². The van der Waals surface area contributed by atoms with Gasteiger partial charge in [0.05, 0.1) is 18.8 Å². The molecule has 0 radical (unpaired) electrons. The van der Waals surface area contributed by atoms with Gasteiger partial charge in [-0.15, -0.1) is 0 Å². The van der Waals surface area contributed by atoms with Gasteiger partial charge in [0, 0.05) is 0 Å². The van der Waals surface area contributed by atoms with Crippen LogP contribution in [0.2, 0.25) is 0 Å². The smallest absolute Gasteiger partial charge is 0.373 e. The highest BCUT2D eigenvalue weighted by Gasteiger charge is 2.18. The Morgan fingerprint density at radius 1 is 1.00 bits per heavy atom. The third-order valence-corrected chi connectivity index (χ3v) is 2.36. The molecule has 104 valence electrons. The molecule has 0 aliphatic carbocycles. The molecular weight excluding hydrogens is 236 g/mol. The summed E-state index contributed by atoms with van der Waals surface area (Å²) in [6.07, 6.45) is 3.99. The minimum absolute atomic E-state index is 0.121. The molecule has 5 heteroatoms. The maximum absolute atomic E-state index is 11.5. The van der Waals surface area contributed by atoms with E-state index in [4.69, 9.17) is 4.74 Å². The van der Waals surface area contributed by atoms with Crippen LogP contribution in [-0.4, -0.2) is 30.3 Å². The zero-order valence-electron chi connectivity index (χ0n) is 11.3. The van der Waals surface area contributed by atoms with Gasteiger partial charge in [0.25, 0.3) is 0 Å². The van der Waals surface area contributed by atoms with Gasteiger partial charge in [-0.25, -0.2) is 9.59 Å². The Kier molecular flexibility index (Phi) is 8.70. The van der Waals surface area contributed by atoms with Gasteiger partial charge in [-0.2, -0.15) is 0 Å². The molecule has 0 aromatic carbocycles. The van der Waals surface area contributed by atoms with E-state index in [1.165, 1.54) is 6.92 Å². The van der Waals surface area contributed by atoms with Crippen molar-refractivity contribution in [3.8, 4) is 0 Å². The Labute approximate surface area is 108 Å². The number of aliphatic hydroxyl groups excluding tert-OH is 1. The molecule has 0 aromatic heterocycles. The Balaban J connectivity index is 4.15. The van der Waals surface area contributed by atoms with Crippen LogP contribution in [0.5, 0.6) is 0 Å². The number of hydrogen-bond acceptors (Lipinski definition) is 5. The summed E-state index contributed by atoms with van der Waals surface area (Å²) in [5.41, 5.74) is -0.121. The van der Waals surface area contributed by atoms with Gasteiger partial charge in [-0.1, -0.05) is 26.2 Å². The summed E-state index contributed by atoms with van der Waals surface area (Å²) >= 11 is 0. The number of carbonyl (C=O) groups excluding carboxylic acids is 2. The second-order valence-electron chi connectivity index (χ2n) is 3.89. The summed E-state index contributed by atoms with van der Waals surface area (Å²) in [4.78, 5) is 22.6. The van der Waals surface area contributed by atoms with Crippen LogP contribution < -0.4 is 0 Å². The lowest BCUT2D eigenvalue weighted by molar-refractivity contribution is -0.144. The standard InChI is InChI=1S/C13H22O5/c1-4-6-7-8-9-18-12(15)10(3)11(14)13(16)17-5-2/h14H,4-9H2,1-3H3/b11-10-. The SMILES string of the molecule is CCCCCCOC(=O)/C(C)=C(\O)C(=O)OCC. The highest BCUT2D eigenvalue weighted by Crippen LogP contribution is 2.07. The van der Waals surface area contributed by atoms with E-state index in [1.807, 2.05) is 0 Å². The van der Waals surface area contributed by atoms with Crippen LogP contribution >= 0.6 is 0 Å². The van der Waals surface area contributed by atoms with E-state index in [1.54, 1.807) is 6.92 Å². The van der Waals surface area contributed by atoms with Gasteiger partial charge < -0.3 is 14.6 Å². The van der Waals surface area contributed by atoms with Crippen molar-refractivity contribution in [2.24, 2.45) is 0 Å². The lowest BCUT2D eigenvalue weighted by Gasteiger charge is -2.06. The number of aliphatic hydroxyl groups is 1. The average Bonchev–Trinajstić information content (AvgIpc) is 2.36. The average molecular weight is 258 g/mol. The van der Waals surface area contributed by atoms with E-state index in [9.17, 15) is 14.7 Å². The molecule has 0 fully saturated rings. The molecular formula is C13H22O5. The van der Waals surface area contributed by atoms with E-state index in [-0.39, 0.29) is 12.2 Å². The quantitative estimate of drug-likeness (QED) is 0.313. The van der Waals surface area contributed by atoms with Crippen LogP contribution in [0, 0.1) is 0 Å². The molecule has 0 aromatic rings. The molecule has 0 saturated carbocycles. The molecule has 0 aliphatic rings. The Morgan fingerprint density at radius 3 is 2.22 bits per heavy atom. The highest BCUT2D eigenvalue weighted by molar-refractivity contribution is 5.98. The van der Waals surface area contributed by atoms with Gasteiger partial charge in [-0.05, 0) is 20.3 Å². The monoisotopic (exact) mass is 258 g/mol. The highest BCUT2D eigenvalue weighted by atomic mass is 16.5. The predicted molar refractivity (Wildman–Crippen MR) is 67.1 cm³/mol. The number of unbranched alkanes of at least 4 members (excludes halogenated alkanes) is 3. The maximum Gasteiger partial charge on any atom is 0.373 e. The van der Waals surface area contributed by atoms with Crippen molar-refractivity contribution in [2.75, 3.05) is 13.2 Å². The largest absolute Gasteiger partial charge is 0.501 e. The molecule has 1 N–H and O–H groups in total. The summed E-state index contributed by atoms with van der Waals surface area (Å²) in [5.74, 6) is -2.27. The number of hydrogen-bond donors (Lipinski definition) is 1. The number of carbonyl (C=O) groups is 2. The lowest BCUT2D eigenvalue weighted by atomic mass is 10.2. The van der Waals surface area contributed by atoms with Crippen LogP contribution in [0.25, 0.3) is 0 Å². The summed E-state index contributed by atoms with van der Waals surface area (Å²) < 4.78 is 9.51. The molecule has 0 saturated heterocycles. The van der Waals surface area contributed by atoms with Crippen molar-refractivity contribution >= 4 is 11.9 Å². The van der Waals surface area contributed by atoms with Crippen molar-refractivity contribution in [1.29, 1.82) is 0 Å². The lowest BCUT2D eigenvalue weighted by Crippen LogP contribution is -2.15. The van der Waals surface area contributed by atoms with Gasteiger partial charge >= 0.3 is 11.9 Å². The molecule has 0 rings (SSSR count). The number of esters is 2. The van der Waals surface area contributed by atoms with Crippen molar-refractivity contribution in [3.05, 3.63) is 11.3 Å². The summed E-state index contributed by atoms with van der Waals surface area (Å²) in [6.45, 7) is 5.48. The Morgan fingerprint density at radius 2 is 1.67 bits per heavy atom. The maximum atomic E-state index is 11.5. The summed E-state index contributed by atoms with van der Waals surface area (Å²) in [7, 11) is 0. The molecule has 0 spiro atoms. The fourth-order valence-electron chi connectivity index (χ4n) is 1.25. The molecule has 0 amide bonds. The predicted octanol–water partition coefficient (Wildman–Crippen LogP) is 2.51. The number of ether oxygens (including phenoxy) is 2. The van der Waals surface area contributed by atoms with E-state index in [2.05, 4.69) is 11.7 Å². The van der Waals surface area contributed by atoms with Gasteiger partial charge in [0.15, 0.2) is 0 Å². The third-order valence-electron chi connectivity index (χ3n) is 2.36. The summed E-state index contributed by atoms with van der Waals surface area (Å²) in [5, 5.41) is 9.43.